The Morgan fingerprint density at radius 2 is 1.65 bits per heavy atom. The first-order chi connectivity index (χ1) is 10.5. The minimum absolute atomic E-state index is 0.599. The number of thioether (sulfide) groups is 1. The average Bonchev–Trinajstić information content (AvgIpc) is 2.98. The van der Waals surface area contributed by atoms with E-state index in [-0.39, 0.29) is 0 Å². The van der Waals surface area contributed by atoms with Crippen molar-refractivity contribution in [1.82, 2.24) is 5.32 Å². The van der Waals surface area contributed by atoms with Gasteiger partial charge in [0.2, 0.25) is 0 Å². The summed E-state index contributed by atoms with van der Waals surface area (Å²) in [4.78, 5) is 0. The predicted molar refractivity (Wildman–Crippen MR) is 114 cm³/mol. The smallest absolute Gasteiger partial charge is 0.0214 e. The maximum Gasteiger partial charge on any atom is 0.0214 e. The Morgan fingerprint density at radius 1 is 1.13 bits per heavy atom. The van der Waals surface area contributed by atoms with Gasteiger partial charge in [0.25, 0.3) is 0 Å². The van der Waals surface area contributed by atoms with Gasteiger partial charge in [-0.25, -0.2) is 10.0 Å². The highest BCUT2D eigenvalue weighted by molar-refractivity contribution is 8.41. The van der Waals surface area contributed by atoms with E-state index in [9.17, 15) is 0 Å². The van der Waals surface area contributed by atoms with E-state index in [2.05, 4.69) is 91.7 Å². The molecule has 1 nitrogen and oxygen atoms in total. The largest absolute Gasteiger partial charge is 0.316 e. The molecule has 0 radical (unpaired) electrons. The van der Waals surface area contributed by atoms with Crippen LogP contribution in [-0.4, -0.2) is 46.6 Å². The quantitative estimate of drug-likeness (QED) is 0.437. The first-order valence-corrected chi connectivity index (χ1v) is 12.7. The second-order valence-corrected chi connectivity index (χ2v) is 13.5. The lowest BCUT2D eigenvalue weighted by molar-refractivity contribution is 0.428. The Labute approximate surface area is 152 Å². The molecule has 0 aliphatic carbocycles. The lowest BCUT2D eigenvalue weighted by Gasteiger charge is -2.42. The molecule has 0 bridgehead atoms. The summed E-state index contributed by atoms with van der Waals surface area (Å²) >= 11 is 2.08. The molecule has 7 unspecified atom stereocenters. The Bertz CT molecular complexity index is 406. The van der Waals surface area contributed by atoms with Gasteiger partial charge in [-0.15, -0.1) is 0 Å². The van der Waals surface area contributed by atoms with Crippen LogP contribution in [0.3, 0.4) is 0 Å². The molecule has 1 aliphatic rings. The summed E-state index contributed by atoms with van der Waals surface area (Å²) in [6.07, 6.45) is 4.95. The van der Waals surface area contributed by atoms with E-state index in [0.29, 0.717) is 23.1 Å². The van der Waals surface area contributed by atoms with Crippen LogP contribution in [0.4, 0.5) is 0 Å². The van der Waals surface area contributed by atoms with Crippen LogP contribution >= 0.6 is 21.8 Å². The van der Waals surface area contributed by atoms with Gasteiger partial charge in [0, 0.05) is 21.8 Å². The predicted octanol–water partition coefficient (Wildman–Crippen LogP) is 5.40. The van der Waals surface area contributed by atoms with Crippen molar-refractivity contribution in [1.29, 1.82) is 0 Å². The van der Waals surface area contributed by atoms with E-state index in [1.807, 2.05) is 0 Å². The van der Waals surface area contributed by atoms with Gasteiger partial charge in [0.15, 0.2) is 0 Å². The van der Waals surface area contributed by atoms with Crippen molar-refractivity contribution >= 4 is 21.8 Å². The molecule has 1 N–H and O–H groups in total. The van der Waals surface area contributed by atoms with Crippen molar-refractivity contribution in [3.8, 4) is 0 Å². The van der Waals surface area contributed by atoms with Gasteiger partial charge in [-0.3, -0.25) is 0 Å². The molecular formula is C20H41NS2. The first kappa shape index (κ1) is 21.4. The van der Waals surface area contributed by atoms with E-state index in [1.54, 1.807) is 0 Å². The molecular weight excluding hydrogens is 318 g/mol. The normalized spacial score (nSPS) is 35.5. The zero-order valence-electron chi connectivity index (χ0n) is 17.1. The molecule has 23 heavy (non-hydrogen) atoms. The van der Waals surface area contributed by atoms with E-state index < -0.39 is 10.0 Å². The highest BCUT2D eigenvalue weighted by Gasteiger charge is 2.62. The second-order valence-electron chi connectivity index (χ2n) is 8.39. The summed E-state index contributed by atoms with van der Waals surface area (Å²) in [5, 5.41) is 6.91. The van der Waals surface area contributed by atoms with Gasteiger partial charge in [-0.1, -0.05) is 53.7 Å². The fourth-order valence-electron chi connectivity index (χ4n) is 4.70. The molecule has 138 valence electrons. The van der Waals surface area contributed by atoms with Crippen LogP contribution in [0.2, 0.25) is 0 Å². The van der Waals surface area contributed by atoms with Gasteiger partial charge >= 0.3 is 0 Å². The monoisotopic (exact) mass is 359 g/mol. The topological polar surface area (TPSA) is 12.0 Å². The maximum atomic E-state index is 4.27. The number of hydrogen-bond donors (Lipinski definition) is 1. The average molecular weight is 360 g/mol. The van der Waals surface area contributed by atoms with E-state index in [4.69, 9.17) is 0 Å². The third kappa shape index (κ3) is 3.98. The van der Waals surface area contributed by atoms with Gasteiger partial charge < -0.3 is 5.32 Å². The van der Waals surface area contributed by atoms with Crippen molar-refractivity contribution in [2.45, 2.75) is 75.5 Å². The minimum Gasteiger partial charge on any atom is -0.316 e. The molecule has 1 saturated heterocycles. The molecule has 1 rings (SSSR count). The highest BCUT2D eigenvalue weighted by Crippen LogP contribution is 2.78. The van der Waals surface area contributed by atoms with E-state index in [0.717, 1.165) is 21.7 Å². The Morgan fingerprint density at radius 3 is 1.96 bits per heavy atom. The van der Waals surface area contributed by atoms with Gasteiger partial charge in [0.1, 0.15) is 0 Å². The summed E-state index contributed by atoms with van der Waals surface area (Å²) in [6.45, 7) is 21.0. The summed E-state index contributed by atoms with van der Waals surface area (Å²) in [5.41, 5.74) is 1.34. The molecule has 1 aliphatic heterocycles. The van der Waals surface area contributed by atoms with Crippen LogP contribution in [0.15, 0.2) is 12.2 Å². The molecule has 0 saturated carbocycles. The third-order valence-corrected chi connectivity index (χ3v) is 13.2. The summed E-state index contributed by atoms with van der Waals surface area (Å²) in [6, 6.07) is 0.661. The van der Waals surface area contributed by atoms with Crippen molar-refractivity contribution < 1.29 is 0 Å². The molecule has 0 amide bonds. The van der Waals surface area contributed by atoms with Crippen molar-refractivity contribution in [3.05, 3.63) is 12.2 Å². The molecule has 0 spiro atoms. The van der Waals surface area contributed by atoms with Crippen LogP contribution in [0.1, 0.15) is 48.5 Å². The standard InChI is InChI=1S/C20H41NS2/c1-12(2)15(7)18(22-10)19(14(5)6)23(11)16(8)20(23)17(21-9)13(3)4/h13-21H,1H2,2-11H3. The fraction of sp³-hybridized carbons (Fsp3) is 0.900. The van der Waals surface area contributed by atoms with E-state index >= 15 is 0 Å². The van der Waals surface area contributed by atoms with Crippen LogP contribution in [0.25, 0.3) is 0 Å². The highest BCUT2D eigenvalue weighted by atomic mass is 32.3. The Kier molecular flexibility index (Phi) is 7.63. The number of hydrogen-bond acceptors (Lipinski definition) is 2. The van der Waals surface area contributed by atoms with Gasteiger partial charge in [-0.2, -0.15) is 11.8 Å². The molecule has 7 atom stereocenters. The Hall–Kier alpha value is 0.400. The molecule has 3 heteroatoms. The zero-order chi connectivity index (χ0) is 18.1. The molecule has 0 aromatic rings. The molecule has 1 heterocycles. The lowest BCUT2D eigenvalue weighted by atomic mass is 9.93. The van der Waals surface area contributed by atoms with Crippen LogP contribution in [0, 0.1) is 17.8 Å². The van der Waals surface area contributed by atoms with Crippen LogP contribution in [-0.2, 0) is 0 Å². The van der Waals surface area contributed by atoms with Crippen molar-refractivity contribution in [2.75, 3.05) is 19.6 Å². The summed E-state index contributed by atoms with van der Waals surface area (Å²) in [7, 11) is 1.55. The SMILES string of the molecule is C=C(C)C(C)C(SC)C(C(C)C)S1(C)C(C)C1C(NC)C(C)C. The third-order valence-electron chi connectivity index (χ3n) is 6.29. The van der Waals surface area contributed by atoms with Crippen molar-refractivity contribution in [2.24, 2.45) is 17.8 Å². The second kappa shape index (κ2) is 8.19. The lowest BCUT2D eigenvalue weighted by Crippen LogP contribution is -2.40. The fourth-order valence-corrected chi connectivity index (χ4v) is 12.9. The Balaban J connectivity index is 3.17. The first-order valence-electron chi connectivity index (χ1n) is 9.15. The maximum absolute atomic E-state index is 4.27. The van der Waals surface area contributed by atoms with Gasteiger partial charge in [-0.05, 0) is 49.5 Å². The van der Waals surface area contributed by atoms with E-state index in [1.165, 1.54) is 5.57 Å². The number of allylic oxidation sites excluding steroid dienone is 1. The van der Waals surface area contributed by atoms with Crippen LogP contribution in [0.5, 0.6) is 0 Å². The summed E-state index contributed by atoms with van der Waals surface area (Å²) in [5.74, 6) is 2.05. The van der Waals surface area contributed by atoms with Crippen molar-refractivity contribution in [3.63, 3.8) is 0 Å². The zero-order valence-corrected chi connectivity index (χ0v) is 18.8. The van der Waals surface area contributed by atoms with Gasteiger partial charge in [0.05, 0.1) is 0 Å². The number of rotatable bonds is 9. The molecule has 0 aromatic heterocycles. The minimum atomic E-state index is -0.604. The summed E-state index contributed by atoms with van der Waals surface area (Å²) < 4.78 is 0. The molecule has 0 aromatic carbocycles. The van der Waals surface area contributed by atoms with Crippen LogP contribution < -0.4 is 5.32 Å². The molecule has 1 fully saturated rings. The number of nitrogens with one attached hydrogen (secondary N) is 1.